The fourth-order valence-electron chi connectivity index (χ4n) is 0.923. The number of phosphoric ester groups is 1. The molecule has 1 rings (SSSR count). The minimum absolute atomic E-state index is 0.186. The summed E-state index contributed by atoms with van der Waals surface area (Å²) in [4.78, 5) is 17.0. The molecule has 0 saturated carbocycles. The third kappa shape index (κ3) is 6.28. The molecule has 5 heteroatoms. The molecular formula is C10H17O4P. The van der Waals surface area contributed by atoms with Gasteiger partial charge in [0.15, 0.2) is 0 Å². The van der Waals surface area contributed by atoms with E-state index in [1.807, 2.05) is 20.8 Å². The summed E-state index contributed by atoms with van der Waals surface area (Å²) in [6, 6.07) is 6.62. The first-order chi connectivity index (χ1) is 7.01. The molecule has 1 aromatic carbocycles. The molecule has 0 aliphatic rings. The van der Waals surface area contributed by atoms with E-state index in [-0.39, 0.29) is 5.75 Å². The maximum atomic E-state index is 10.4. The van der Waals surface area contributed by atoms with E-state index in [0.717, 1.165) is 12.0 Å². The molecule has 0 spiro atoms. The van der Waals surface area contributed by atoms with Crippen LogP contribution in [0.25, 0.3) is 0 Å². The Balaban J connectivity index is 0.000000921. The lowest BCUT2D eigenvalue weighted by atomic mass is 10.2. The predicted octanol–water partition coefficient (Wildman–Crippen LogP) is 2.75. The van der Waals surface area contributed by atoms with Crippen LogP contribution in [0.1, 0.15) is 26.3 Å². The van der Waals surface area contributed by atoms with Crippen LogP contribution < -0.4 is 4.52 Å². The van der Waals surface area contributed by atoms with E-state index in [1.54, 1.807) is 12.1 Å². The Hall–Kier alpha value is -0.830. The molecule has 0 radical (unpaired) electrons. The van der Waals surface area contributed by atoms with Crippen LogP contribution in [0.5, 0.6) is 5.75 Å². The molecule has 4 nitrogen and oxygen atoms in total. The summed E-state index contributed by atoms with van der Waals surface area (Å²) < 4.78 is 14.8. The van der Waals surface area contributed by atoms with Crippen molar-refractivity contribution in [2.24, 2.45) is 0 Å². The molecule has 0 aromatic heterocycles. The van der Waals surface area contributed by atoms with Crippen LogP contribution in [0.3, 0.4) is 0 Å². The highest BCUT2D eigenvalue weighted by Gasteiger charge is 2.15. The first-order valence-electron chi connectivity index (χ1n) is 4.85. The number of aryl methyl sites for hydroxylation is 1. The first kappa shape index (κ1) is 14.2. The summed E-state index contributed by atoms with van der Waals surface area (Å²) in [5.41, 5.74) is 1.10. The third-order valence-electron chi connectivity index (χ3n) is 1.56. The molecular weight excluding hydrogens is 215 g/mol. The van der Waals surface area contributed by atoms with E-state index in [2.05, 4.69) is 4.52 Å². The Morgan fingerprint density at radius 3 is 2.00 bits per heavy atom. The van der Waals surface area contributed by atoms with E-state index in [4.69, 9.17) is 9.79 Å². The van der Waals surface area contributed by atoms with Gasteiger partial charge in [-0.2, -0.15) is 0 Å². The van der Waals surface area contributed by atoms with Gasteiger partial charge in [0.25, 0.3) is 0 Å². The second-order valence-electron chi connectivity index (χ2n) is 2.58. The quantitative estimate of drug-likeness (QED) is 0.786. The minimum Gasteiger partial charge on any atom is -0.404 e. The van der Waals surface area contributed by atoms with Gasteiger partial charge in [-0.15, -0.1) is 0 Å². The standard InChI is InChI=1S/C8H11O4P.C2H6/c1-2-7-3-5-8(6-4-7)12-13(9,10)11;1-2/h3-6H,2H2,1H3,(H2,9,10,11);1-2H3. The van der Waals surface area contributed by atoms with Gasteiger partial charge in [0.1, 0.15) is 5.75 Å². The van der Waals surface area contributed by atoms with E-state index in [1.165, 1.54) is 12.1 Å². The zero-order valence-electron chi connectivity index (χ0n) is 9.17. The van der Waals surface area contributed by atoms with Gasteiger partial charge >= 0.3 is 7.82 Å². The molecule has 1 aromatic rings. The van der Waals surface area contributed by atoms with Crippen molar-refractivity contribution in [2.45, 2.75) is 27.2 Å². The van der Waals surface area contributed by atoms with Crippen LogP contribution in [-0.2, 0) is 11.0 Å². The molecule has 0 atom stereocenters. The van der Waals surface area contributed by atoms with E-state index in [9.17, 15) is 4.57 Å². The normalized spacial score (nSPS) is 10.2. The third-order valence-corrected chi connectivity index (χ3v) is 2.00. The number of phosphoric acid groups is 1. The van der Waals surface area contributed by atoms with Gasteiger partial charge in [0, 0.05) is 0 Å². The fourth-order valence-corrected chi connectivity index (χ4v) is 1.32. The summed E-state index contributed by atoms with van der Waals surface area (Å²) in [5, 5.41) is 0. The SMILES string of the molecule is CC.CCc1ccc(OP(=O)(O)O)cc1. The zero-order valence-corrected chi connectivity index (χ0v) is 10.1. The highest BCUT2D eigenvalue weighted by Crippen LogP contribution is 2.37. The second kappa shape index (κ2) is 6.62. The van der Waals surface area contributed by atoms with Crippen molar-refractivity contribution >= 4 is 7.82 Å². The molecule has 0 aliphatic heterocycles. The van der Waals surface area contributed by atoms with Crippen molar-refractivity contribution in [2.75, 3.05) is 0 Å². The Kier molecular flexibility index (Phi) is 6.25. The van der Waals surface area contributed by atoms with Gasteiger partial charge in [-0.1, -0.05) is 32.9 Å². The molecule has 0 amide bonds. The average Bonchev–Trinajstić information content (AvgIpc) is 2.20. The summed E-state index contributed by atoms with van der Waals surface area (Å²) in [5.74, 6) is 0.186. The monoisotopic (exact) mass is 232 g/mol. The maximum absolute atomic E-state index is 10.4. The molecule has 0 unspecified atom stereocenters. The molecule has 0 aliphatic carbocycles. The lowest BCUT2D eigenvalue weighted by molar-refractivity contribution is 0.283. The van der Waals surface area contributed by atoms with Crippen molar-refractivity contribution in [3.63, 3.8) is 0 Å². The van der Waals surface area contributed by atoms with Gasteiger partial charge in [-0.25, -0.2) is 4.57 Å². The Bertz CT molecular complexity index is 315. The van der Waals surface area contributed by atoms with Crippen molar-refractivity contribution < 1.29 is 18.9 Å². The van der Waals surface area contributed by atoms with Crippen LogP contribution in [0, 0.1) is 0 Å². The van der Waals surface area contributed by atoms with Crippen LogP contribution in [0.4, 0.5) is 0 Å². The Labute approximate surface area is 90.1 Å². The van der Waals surface area contributed by atoms with Crippen molar-refractivity contribution in [1.29, 1.82) is 0 Å². The molecule has 0 heterocycles. The average molecular weight is 232 g/mol. The molecule has 0 saturated heterocycles. The summed E-state index contributed by atoms with van der Waals surface area (Å²) in [6.45, 7) is 6.00. The lowest BCUT2D eigenvalue weighted by Gasteiger charge is -2.06. The Morgan fingerprint density at radius 1 is 1.20 bits per heavy atom. The largest absolute Gasteiger partial charge is 0.524 e. The van der Waals surface area contributed by atoms with Crippen LogP contribution in [0.2, 0.25) is 0 Å². The number of hydrogen-bond acceptors (Lipinski definition) is 2. The summed E-state index contributed by atoms with van der Waals surface area (Å²) in [7, 11) is -4.41. The highest BCUT2D eigenvalue weighted by molar-refractivity contribution is 7.46. The first-order valence-corrected chi connectivity index (χ1v) is 6.38. The van der Waals surface area contributed by atoms with Crippen molar-refractivity contribution in [3.8, 4) is 5.75 Å². The van der Waals surface area contributed by atoms with E-state index < -0.39 is 7.82 Å². The minimum atomic E-state index is -4.41. The van der Waals surface area contributed by atoms with Gasteiger partial charge in [0.2, 0.25) is 0 Å². The smallest absolute Gasteiger partial charge is 0.404 e. The summed E-state index contributed by atoms with van der Waals surface area (Å²) in [6.07, 6.45) is 0.885. The zero-order chi connectivity index (χ0) is 11.9. The van der Waals surface area contributed by atoms with Crippen LogP contribution >= 0.6 is 7.82 Å². The maximum Gasteiger partial charge on any atom is 0.524 e. The second-order valence-corrected chi connectivity index (χ2v) is 3.74. The summed E-state index contributed by atoms with van der Waals surface area (Å²) >= 11 is 0. The molecule has 15 heavy (non-hydrogen) atoms. The van der Waals surface area contributed by atoms with E-state index >= 15 is 0 Å². The molecule has 0 fully saturated rings. The molecule has 2 N–H and O–H groups in total. The topological polar surface area (TPSA) is 66.8 Å². The van der Waals surface area contributed by atoms with Crippen molar-refractivity contribution in [1.82, 2.24) is 0 Å². The van der Waals surface area contributed by atoms with Gasteiger partial charge < -0.3 is 4.52 Å². The predicted molar refractivity (Wildman–Crippen MR) is 59.8 cm³/mol. The molecule has 0 bridgehead atoms. The molecule has 86 valence electrons. The van der Waals surface area contributed by atoms with Gasteiger partial charge in [-0.05, 0) is 24.1 Å². The van der Waals surface area contributed by atoms with Gasteiger partial charge in [0.05, 0.1) is 0 Å². The van der Waals surface area contributed by atoms with E-state index in [0.29, 0.717) is 0 Å². The highest BCUT2D eigenvalue weighted by atomic mass is 31.2. The van der Waals surface area contributed by atoms with Crippen LogP contribution in [0.15, 0.2) is 24.3 Å². The number of hydrogen-bond donors (Lipinski definition) is 2. The van der Waals surface area contributed by atoms with Crippen molar-refractivity contribution in [3.05, 3.63) is 29.8 Å². The van der Waals surface area contributed by atoms with Gasteiger partial charge in [-0.3, -0.25) is 9.79 Å². The lowest BCUT2D eigenvalue weighted by Crippen LogP contribution is -1.90. The Morgan fingerprint density at radius 2 is 1.67 bits per heavy atom. The van der Waals surface area contributed by atoms with Crippen LogP contribution in [-0.4, -0.2) is 9.79 Å². The number of benzene rings is 1. The number of rotatable bonds is 3. The fraction of sp³-hybridized carbons (Fsp3) is 0.400.